The van der Waals surface area contributed by atoms with Crippen molar-refractivity contribution in [3.05, 3.63) is 28.7 Å². The van der Waals surface area contributed by atoms with Crippen LogP contribution in [0.3, 0.4) is 0 Å². The zero-order valence-corrected chi connectivity index (χ0v) is 13.6. The lowest BCUT2D eigenvalue weighted by Crippen LogP contribution is -2.45. The molecule has 1 aliphatic rings. The molecule has 0 saturated carbocycles. The Bertz CT molecular complexity index is 592. The van der Waals surface area contributed by atoms with E-state index in [1.807, 2.05) is 0 Å². The Kier molecular flexibility index (Phi) is 4.74. The van der Waals surface area contributed by atoms with Crippen LogP contribution in [0.15, 0.2) is 23.8 Å². The van der Waals surface area contributed by atoms with E-state index in [-0.39, 0.29) is 0 Å². The number of likely N-dealkylation sites (N-methyl/N-ethyl adjacent to an activating group) is 1. The number of hydrogen-bond acceptors (Lipinski definition) is 7. The number of thiophene rings is 1. The second kappa shape index (κ2) is 6.93. The van der Waals surface area contributed by atoms with Gasteiger partial charge in [-0.1, -0.05) is 6.07 Å². The maximum absolute atomic E-state index is 6.27. The Morgan fingerprint density at radius 2 is 2.09 bits per heavy atom. The van der Waals surface area contributed by atoms with E-state index in [0.717, 1.165) is 50.8 Å². The lowest BCUT2D eigenvalue weighted by Gasteiger charge is -2.33. The summed E-state index contributed by atoms with van der Waals surface area (Å²) in [5.41, 5.74) is 6.92. The van der Waals surface area contributed by atoms with Crippen molar-refractivity contribution >= 4 is 28.7 Å². The molecule has 0 aromatic carbocycles. The average Bonchev–Trinajstić information content (AvgIpc) is 3.03. The number of rotatable bonds is 5. The fraction of sp³-hybridized carbons (Fsp3) is 0.467. The SMILES string of the molecule is CN1CCN(c2ncnc(NCCc3cccs3)c2N)CC1. The maximum atomic E-state index is 6.27. The van der Waals surface area contributed by atoms with Crippen LogP contribution in [0.1, 0.15) is 4.88 Å². The second-order valence-corrected chi connectivity index (χ2v) is 6.54. The number of nitrogens with two attached hydrogens (primary N) is 1. The third-order valence-electron chi connectivity index (χ3n) is 3.91. The van der Waals surface area contributed by atoms with Crippen molar-refractivity contribution in [3.8, 4) is 0 Å². The van der Waals surface area contributed by atoms with Crippen LogP contribution in [-0.2, 0) is 6.42 Å². The van der Waals surface area contributed by atoms with Gasteiger partial charge in [-0.2, -0.15) is 0 Å². The molecule has 0 aliphatic carbocycles. The molecule has 3 heterocycles. The zero-order chi connectivity index (χ0) is 15.4. The number of anilines is 3. The summed E-state index contributed by atoms with van der Waals surface area (Å²) >= 11 is 1.77. The molecule has 0 atom stereocenters. The van der Waals surface area contributed by atoms with Gasteiger partial charge >= 0.3 is 0 Å². The number of hydrogen-bond donors (Lipinski definition) is 2. The molecule has 6 nitrogen and oxygen atoms in total. The highest BCUT2D eigenvalue weighted by molar-refractivity contribution is 7.09. The zero-order valence-electron chi connectivity index (χ0n) is 12.8. The van der Waals surface area contributed by atoms with Gasteiger partial charge in [0.2, 0.25) is 0 Å². The summed E-state index contributed by atoms with van der Waals surface area (Å²) in [6.07, 6.45) is 2.57. The first-order valence-corrected chi connectivity index (χ1v) is 8.42. The first kappa shape index (κ1) is 15.1. The van der Waals surface area contributed by atoms with Crippen LogP contribution < -0.4 is 16.0 Å². The Morgan fingerprint density at radius 1 is 1.27 bits per heavy atom. The first-order valence-electron chi connectivity index (χ1n) is 7.54. The van der Waals surface area contributed by atoms with E-state index in [9.17, 15) is 0 Å². The Hall–Kier alpha value is -1.86. The molecule has 0 radical (unpaired) electrons. The number of aromatic nitrogens is 2. The number of piperazine rings is 1. The number of nitrogen functional groups attached to an aromatic ring is 1. The van der Waals surface area contributed by atoms with Crippen LogP contribution in [0, 0.1) is 0 Å². The molecule has 2 aromatic rings. The second-order valence-electron chi connectivity index (χ2n) is 5.51. The molecule has 0 bridgehead atoms. The predicted molar refractivity (Wildman–Crippen MR) is 92.7 cm³/mol. The van der Waals surface area contributed by atoms with Crippen LogP contribution >= 0.6 is 11.3 Å². The van der Waals surface area contributed by atoms with Gasteiger partial charge < -0.3 is 20.9 Å². The van der Waals surface area contributed by atoms with Gasteiger partial charge in [0.25, 0.3) is 0 Å². The van der Waals surface area contributed by atoms with Crippen LogP contribution in [0.5, 0.6) is 0 Å². The van der Waals surface area contributed by atoms with Crippen molar-refractivity contribution in [2.45, 2.75) is 6.42 Å². The summed E-state index contributed by atoms with van der Waals surface area (Å²) in [6, 6.07) is 4.22. The molecule has 0 unspecified atom stereocenters. The molecule has 3 rings (SSSR count). The maximum Gasteiger partial charge on any atom is 0.157 e. The van der Waals surface area contributed by atoms with E-state index in [1.165, 1.54) is 4.88 Å². The summed E-state index contributed by atoms with van der Waals surface area (Å²) in [7, 11) is 2.14. The summed E-state index contributed by atoms with van der Waals surface area (Å²) in [5, 5.41) is 5.43. The van der Waals surface area contributed by atoms with Crippen molar-refractivity contribution in [1.29, 1.82) is 0 Å². The standard InChI is InChI=1S/C15H22N6S/c1-20-6-8-21(9-7-20)15-13(16)14(18-11-19-15)17-5-4-12-3-2-10-22-12/h2-3,10-11H,4-9,16H2,1H3,(H,17,18,19). The average molecular weight is 318 g/mol. The van der Waals surface area contributed by atoms with Crippen molar-refractivity contribution in [2.75, 3.05) is 55.7 Å². The van der Waals surface area contributed by atoms with Crippen LogP contribution in [0.2, 0.25) is 0 Å². The molecular formula is C15H22N6S. The Balaban J connectivity index is 1.63. The molecule has 0 amide bonds. The van der Waals surface area contributed by atoms with E-state index in [2.05, 4.69) is 49.6 Å². The number of nitrogens with zero attached hydrogens (tertiary/aromatic N) is 4. The van der Waals surface area contributed by atoms with E-state index in [1.54, 1.807) is 17.7 Å². The molecule has 3 N–H and O–H groups in total. The molecule has 0 spiro atoms. The van der Waals surface area contributed by atoms with Gasteiger partial charge in [0.15, 0.2) is 11.6 Å². The van der Waals surface area contributed by atoms with Gasteiger partial charge in [0.05, 0.1) is 0 Å². The van der Waals surface area contributed by atoms with Crippen molar-refractivity contribution in [2.24, 2.45) is 0 Å². The minimum Gasteiger partial charge on any atom is -0.393 e. The minimum absolute atomic E-state index is 0.651. The third kappa shape index (κ3) is 3.48. The van der Waals surface area contributed by atoms with Crippen LogP contribution in [-0.4, -0.2) is 54.6 Å². The summed E-state index contributed by atoms with van der Waals surface area (Å²) in [6.45, 7) is 4.79. The Morgan fingerprint density at radius 3 is 2.82 bits per heavy atom. The lowest BCUT2D eigenvalue weighted by molar-refractivity contribution is 0.312. The first-order chi connectivity index (χ1) is 10.7. The van der Waals surface area contributed by atoms with Crippen molar-refractivity contribution < 1.29 is 0 Å². The van der Waals surface area contributed by atoms with Gasteiger partial charge in [-0.3, -0.25) is 0 Å². The molecule has 1 saturated heterocycles. The number of nitrogens with one attached hydrogen (secondary N) is 1. The molecule has 7 heteroatoms. The molecule has 1 aliphatic heterocycles. The van der Waals surface area contributed by atoms with Crippen LogP contribution in [0.25, 0.3) is 0 Å². The van der Waals surface area contributed by atoms with Gasteiger partial charge in [0.1, 0.15) is 12.0 Å². The quantitative estimate of drug-likeness (QED) is 0.871. The van der Waals surface area contributed by atoms with Crippen molar-refractivity contribution in [3.63, 3.8) is 0 Å². The van der Waals surface area contributed by atoms with Gasteiger partial charge in [-0.15, -0.1) is 11.3 Å². The van der Waals surface area contributed by atoms with E-state index in [0.29, 0.717) is 5.69 Å². The van der Waals surface area contributed by atoms with E-state index < -0.39 is 0 Å². The summed E-state index contributed by atoms with van der Waals surface area (Å²) in [4.78, 5) is 14.6. The molecule has 118 valence electrons. The van der Waals surface area contributed by atoms with Gasteiger partial charge in [-0.05, 0) is 24.9 Å². The van der Waals surface area contributed by atoms with Crippen molar-refractivity contribution in [1.82, 2.24) is 14.9 Å². The highest BCUT2D eigenvalue weighted by atomic mass is 32.1. The Labute approximate surface area is 135 Å². The molecule has 1 fully saturated rings. The minimum atomic E-state index is 0.651. The van der Waals surface area contributed by atoms with E-state index >= 15 is 0 Å². The largest absolute Gasteiger partial charge is 0.393 e. The molecule has 2 aromatic heterocycles. The fourth-order valence-electron chi connectivity index (χ4n) is 2.56. The summed E-state index contributed by atoms with van der Waals surface area (Å²) < 4.78 is 0. The fourth-order valence-corrected chi connectivity index (χ4v) is 3.27. The smallest absolute Gasteiger partial charge is 0.157 e. The summed E-state index contributed by atoms with van der Waals surface area (Å²) in [5.74, 6) is 1.59. The molecule has 22 heavy (non-hydrogen) atoms. The third-order valence-corrected chi connectivity index (χ3v) is 4.85. The lowest BCUT2D eigenvalue weighted by atomic mass is 10.3. The monoisotopic (exact) mass is 318 g/mol. The van der Waals surface area contributed by atoms with Gasteiger partial charge in [0, 0.05) is 37.6 Å². The predicted octanol–water partition coefficient (Wildman–Crippen LogP) is 1.53. The normalized spacial score (nSPS) is 16.0. The highest BCUT2D eigenvalue weighted by Crippen LogP contribution is 2.26. The van der Waals surface area contributed by atoms with E-state index in [4.69, 9.17) is 5.73 Å². The van der Waals surface area contributed by atoms with Gasteiger partial charge in [-0.25, -0.2) is 9.97 Å². The highest BCUT2D eigenvalue weighted by Gasteiger charge is 2.19. The topological polar surface area (TPSA) is 70.3 Å². The van der Waals surface area contributed by atoms with Crippen LogP contribution in [0.4, 0.5) is 17.3 Å². The molecular weight excluding hydrogens is 296 g/mol.